The molecular weight excluding hydrogens is 292 g/mol. The first kappa shape index (κ1) is 13.7. The molecule has 0 radical (unpaired) electrons. The fraction of sp³-hybridized carbons (Fsp3) is 0.643. The van der Waals surface area contributed by atoms with E-state index in [2.05, 4.69) is 34.3 Å². The second kappa shape index (κ2) is 5.91. The molecule has 1 aromatic rings. The van der Waals surface area contributed by atoms with E-state index < -0.39 is 0 Å². The van der Waals surface area contributed by atoms with Gasteiger partial charge < -0.3 is 9.47 Å². The summed E-state index contributed by atoms with van der Waals surface area (Å²) in [7, 11) is 0. The molecule has 1 fully saturated rings. The lowest BCUT2D eigenvalue weighted by molar-refractivity contribution is 0.0749. The lowest BCUT2D eigenvalue weighted by atomic mass is 10.2. The van der Waals surface area contributed by atoms with Crippen LogP contribution in [0.4, 0.5) is 0 Å². The number of hydrogen-bond acceptors (Lipinski definition) is 1. The number of halogens is 1. The summed E-state index contributed by atoms with van der Waals surface area (Å²) in [5.74, 6) is 0.177. The molecule has 1 amide bonds. The topological polar surface area (TPSA) is 25.2 Å². The van der Waals surface area contributed by atoms with E-state index in [9.17, 15) is 4.79 Å². The summed E-state index contributed by atoms with van der Waals surface area (Å²) in [4.78, 5) is 14.6. The van der Waals surface area contributed by atoms with E-state index in [1.165, 1.54) is 12.8 Å². The molecule has 0 aromatic carbocycles. The van der Waals surface area contributed by atoms with Gasteiger partial charge in [0.15, 0.2) is 0 Å². The minimum Gasteiger partial charge on any atom is -0.340 e. The SMILES string of the molecule is CC(C)n1cc(Br)cc1C(=O)N1CCCCCC1. The Kier molecular flexibility index (Phi) is 4.49. The smallest absolute Gasteiger partial charge is 0.270 e. The van der Waals surface area contributed by atoms with E-state index in [1.807, 2.05) is 17.2 Å². The first-order valence-corrected chi connectivity index (χ1v) is 7.55. The van der Waals surface area contributed by atoms with Crippen LogP contribution < -0.4 is 0 Å². The summed E-state index contributed by atoms with van der Waals surface area (Å²) in [6.45, 7) is 6.01. The third kappa shape index (κ3) is 2.97. The minimum absolute atomic E-state index is 0.177. The Balaban J connectivity index is 2.21. The normalized spacial score (nSPS) is 17.0. The molecule has 0 spiro atoms. The highest BCUT2D eigenvalue weighted by Gasteiger charge is 2.21. The van der Waals surface area contributed by atoms with E-state index in [0.717, 1.165) is 36.1 Å². The van der Waals surface area contributed by atoms with Crippen LogP contribution in [-0.4, -0.2) is 28.5 Å². The van der Waals surface area contributed by atoms with Crippen molar-refractivity contribution in [2.24, 2.45) is 0 Å². The van der Waals surface area contributed by atoms with E-state index in [1.54, 1.807) is 0 Å². The quantitative estimate of drug-likeness (QED) is 0.814. The van der Waals surface area contributed by atoms with Crippen molar-refractivity contribution in [1.29, 1.82) is 0 Å². The van der Waals surface area contributed by atoms with Crippen LogP contribution in [0, 0.1) is 0 Å². The first-order valence-electron chi connectivity index (χ1n) is 6.76. The summed E-state index contributed by atoms with van der Waals surface area (Å²) >= 11 is 3.47. The average molecular weight is 313 g/mol. The molecule has 2 heterocycles. The van der Waals surface area contributed by atoms with E-state index in [-0.39, 0.29) is 5.91 Å². The Hall–Kier alpha value is -0.770. The van der Waals surface area contributed by atoms with Gasteiger partial charge in [-0.25, -0.2) is 0 Å². The van der Waals surface area contributed by atoms with Crippen LogP contribution >= 0.6 is 15.9 Å². The molecule has 1 aliphatic heterocycles. The van der Waals surface area contributed by atoms with Gasteiger partial charge in [0, 0.05) is 29.8 Å². The molecule has 100 valence electrons. The number of aromatic nitrogens is 1. The second-order valence-corrected chi connectivity index (χ2v) is 6.17. The number of likely N-dealkylation sites (tertiary alicyclic amines) is 1. The van der Waals surface area contributed by atoms with Gasteiger partial charge in [0.1, 0.15) is 5.69 Å². The fourth-order valence-corrected chi connectivity index (χ4v) is 2.92. The van der Waals surface area contributed by atoms with E-state index in [0.29, 0.717) is 6.04 Å². The third-order valence-electron chi connectivity index (χ3n) is 3.48. The standard InChI is InChI=1S/C14H21BrN2O/c1-11(2)17-10-12(15)9-13(17)14(18)16-7-5-3-4-6-8-16/h9-11H,3-8H2,1-2H3. The van der Waals surface area contributed by atoms with E-state index in [4.69, 9.17) is 0 Å². The van der Waals surface area contributed by atoms with Crippen molar-refractivity contribution < 1.29 is 4.79 Å². The third-order valence-corrected chi connectivity index (χ3v) is 3.92. The molecule has 18 heavy (non-hydrogen) atoms. The molecule has 0 atom stereocenters. The molecule has 1 aromatic heterocycles. The Morgan fingerprint density at radius 2 is 1.83 bits per heavy atom. The minimum atomic E-state index is 0.177. The van der Waals surface area contributed by atoms with Crippen molar-refractivity contribution in [3.63, 3.8) is 0 Å². The Morgan fingerprint density at radius 3 is 2.39 bits per heavy atom. The van der Waals surface area contributed by atoms with Crippen molar-refractivity contribution in [2.45, 2.75) is 45.6 Å². The molecule has 2 rings (SSSR count). The largest absolute Gasteiger partial charge is 0.340 e. The molecule has 4 heteroatoms. The van der Waals surface area contributed by atoms with Crippen LogP contribution in [0.5, 0.6) is 0 Å². The molecule has 0 saturated carbocycles. The maximum Gasteiger partial charge on any atom is 0.270 e. The van der Waals surface area contributed by atoms with Gasteiger partial charge in [-0.15, -0.1) is 0 Å². The predicted octanol–water partition coefficient (Wildman–Crippen LogP) is 3.85. The Morgan fingerprint density at radius 1 is 1.22 bits per heavy atom. The second-order valence-electron chi connectivity index (χ2n) is 5.25. The summed E-state index contributed by atoms with van der Waals surface area (Å²) in [6.07, 6.45) is 6.76. The molecule has 1 aliphatic rings. The van der Waals surface area contributed by atoms with Crippen molar-refractivity contribution in [3.8, 4) is 0 Å². The zero-order chi connectivity index (χ0) is 13.1. The van der Waals surface area contributed by atoms with Gasteiger partial charge in [-0.3, -0.25) is 4.79 Å². The van der Waals surface area contributed by atoms with Gasteiger partial charge in [0.2, 0.25) is 0 Å². The number of carbonyl (C=O) groups is 1. The fourth-order valence-electron chi connectivity index (χ4n) is 2.48. The summed E-state index contributed by atoms with van der Waals surface area (Å²) in [5.41, 5.74) is 0.804. The van der Waals surface area contributed by atoms with Crippen LogP contribution in [0.25, 0.3) is 0 Å². The number of nitrogens with zero attached hydrogens (tertiary/aromatic N) is 2. The molecule has 0 unspecified atom stereocenters. The first-order chi connectivity index (χ1) is 8.59. The number of rotatable bonds is 2. The molecular formula is C14H21BrN2O. The zero-order valence-electron chi connectivity index (χ0n) is 11.2. The molecule has 3 nitrogen and oxygen atoms in total. The maximum absolute atomic E-state index is 12.6. The predicted molar refractivity (Wildman–Crippen MR) is 76.9 cm³/mol. The van der Waals surface area contributed by atoms with Gasteiger partial charge >= 0.3 is 0 Å². The van der Waals surface area contributed by atoms with Gasteiger partial charge in [0.25, 0.3) is 5.91 Å². The highest BCUT2D eigenvalue weighted by molar-refractivity contribution is 9.10. The van der Waals surface area contributed by atoms with Crippen molar-refractivity contribution in [1.82, 2.24) is 9.47 Å². The Bertz CT molecular complexity index is 417. The lowest BCUT2D eigenvalue weighted by Gasteiger charge is -2.22. The van der Waals surface area contributed by atoms with Gasteiger partial charge in [-0.1, -0.05) is 12.8 Å². The molecule has 0 bridgehead atoms. The van der Waals surface area contributed by atoms with Crippen LogP contribution in [0.15, 0.2) is 16.7 Å². The van der Waals surface area contributed by atoms with Gasteiger partial charge in [-0.05, 0) is 48.7 Å². The maximum atomic E-state index is 12.6. The summed E-state index contributed by atoms with van der Waals surface area (Å²) in [5, 5.41) is 0. The number of hydrogen-bond donors (Lipinski definition) is 0. The van der Waals surface area contributed by atoms with Gasteiger partial charge in [-0.2, -0.15) is 0 Å². The van der Waals surface area contributed by atoms with Gasteiger partial charge in [0.05, 0.1) is 0 Å². The van der Waals surface area contributed by atoms with Crippen molar-refractivity contribution >= 4 is 21.8 Å². The summed E-state index contributed by atoms with van der Waals surface area (Å²) < 4.78 is 3.03. The Labute approximate surface area is 117 Å². The van der Waals surface area contributed by atoms with Crippen molar-refractivity contribution in [2.75, 3.05) is 13.1 Å². The highest BCUT2D eigenvalue weighted by Crippen LogP contribution is 2.22. The van der Waals surface area contributed by atoms with E-state index >= 15 is 0 Å². The lowest BCUT2D eigenvalue weighted by Crippen LogP contribution is -2.33. The number of amides is 1. The zero-order valence-corrected chi connectivity index (χ0v) is 12.7. The highest BCUT2D eigenvalue weighted by atomic mass is 79.9. The molecule has 1 saturated heterocycles. The monoisotopic (exact) mass is 312 g/mol. The molecule has 0 N–H and O–H groups in total. The van der Waals surface area contributed by atoms with Crippen LogP contribution in [0.2, 0.25) is 0 Å². The van der Waals surface area contributed by atoms with Crippen LogP contribution in [0.1, 0.15) is 56.1 Å². The van der Waals surface area contributed by atoms with Crippen LogP contribution in [0.3, 0.4) is 0 Å². The molecule has 0 aliphatic carbocycles. The van der Waals surface area contributed by atoms with Crippen LogP contribution in [-0.2, 0) is 0 Å². The summed E-state index contributed by atoms with van der Waals surface area (Å²) in [6, 6.07) is 2.25. The average Bonchev–Trinajstić information content (AvgIpc) is 2.56. The van der Waals surface area contributed by atoms with Crippen molar-refractivity contribution in [3.05, 3.63) is 22.4 Å². The number of carbonyl (C=O) groups excluding carboxylic acids is 1.